The van der Waals surface area contributed by atoms with Crippen LogP contribution in [0, 0.1) is 5.92 Å². The molecular weight excluding hydrogens is 228 g/mol. The molecule has 5 nitrogen and oxygen atoms in total. The molecule has 100 valence electrons. The van der Waals surface area contributed by atoms with Crippen molar-refractivity contribution < 1.29 is 4.79 Å². The third-order valence-electron chi connectivity index (χ3n) is 3.60. The minimum Gasteiger partial charge on any atom is -0.319 e. The molecule has 0 atom stereocenters. The smallest absolute Gasteiger partial charge is 0.160 e. The number of ketones is 1. The monoisotopic (exact) mass is 250 g/mol. The van der Waals surface area contributed by atoms with Gasteiger partial charge in [0.25, 0.3) is 0 Å². The van der Waals surface area contributed by atoms with Crippen LogP contribution in [-0.2, 0) is 17.8 Å². The number of aromatic nitrogens is 3. The fourth-order valence-corrected chi connectivity index (χ4v) is 2.53. The maximum Gasteiger partial charge on any atom is 0.160 e. The van der Waals surface area contributed by atoms with Crippen molar-refractivity contribution >= 4 is 5.78 Å². The Labute approximate surface area is 108 Å². The van der Waals surface area contributed by atoms with Crippen molar-refractivity contribution in [3.8, 4) is 0 Å². The van der Waals surface area contributed by atoms with Crippen LogP contribution < -0.4 is 5.73 Å². The summed E-state index contributed by atoms with van der Waals surface area (Å²) in [5.74, 6) is 1.34. The molecule has 0 spiro atoms. The van der Waals surface area contributed by atoms with Crippen molar-refractivity contribution in [2.45, 2.75) is 58.0 Å². The van der Waals surface area contributed by atoms with Crippen molar-refractivity contribution in [2.24, 2.45) is 11.7 Å². The maximum absolute atomic E-state index is 12.3. The molecule has 2 N–H and O–H groups in total. The van der Waals surface area contributed by atoms with E-state index >= 15 is 0 Å². The molecule has 18 heavy (non-hydrogen) atoms. The van der Waals surface area contributed by atoms with Crippen molar-refractivity contribution in [1.82, 2.24) is 14.8 Å². The third kappa shape index (κ3) is 2.77. The lowest BCUT2D eigenvalue weighted by Crippen LogP contribution is -2.46. The van der Waals surface area contributed by atoms with Gasteiger partial charge in [0.05, 0.1) is 12.0 Å². The topological polar surface area (TPSA) is 73.8 Å². The molecule has 1 aromatic rings. The number of carbonyl (C=O) groups excluding carboxylic acids is 1. The Bertz CT molecular complexity index is 418. The van der Waals surface area contributed by atoms with E-state index in [0.717, 1.165) is 38.1 Å². The number of Topliss-reactive ketones (excluding diaryl/α,β-unsaturated/α-hetero) is 1. The summed E-state index contributed by atoms with van der Waals surface area (Å²) in [6.07, 6.45) is 5.56. The van der Waals surface area contributed by atoms with Crippen molar-refractivity contribution in [3.63, 3.8) is 0 Å². The lowest BCUT2D eigenvalue weighted by molar-refractivity contribution is -0.123. The van der Waals surface area contributed by atoms with Crippen LogP contribution in [0.25, 0.3) is 0 Å². The van der Waals surface area contributed by atoms with E-state index in [9.17, 15) is 4.79 Å². The minimum atomic E-state index is -0.616. The molecule has 0 aliphatic heterocycles. The Morgan fingerprint density at radius 1 is 1.50 bits per heavy atom. The highest BCUT2D eigenvalue weighted by Gasteiger charge is 2.37. The zero-order valence-corrected chi connectivity index (χ0v) is 11.2. The first-order valence-corrected chi connectivity index (χ1v) is 6.70. The quantitative estimate of drug-likeness (QED) is 0.855. The van der Waals surface area contributed by atoms with Crippen molar-refractivity contribution in [3.05, 3.63) is 12.2 Å². The maximum atomic E-state index is 12.3. The van der Waals surface area contributed by atoms with Crippen LogP contribution in [0.15, 0.2) is 6.33 Å². The van der Waals surface area contributed by atoms with Crippen molar-refractivity contribution in [1.29, 1.82) is 0 Å². The standard InChI is InChI=1S/C13H22N4O/c1-10(2)8-17-12(15-9-16-17)7-11(18)13(14)5-3-4-6-13/h9-10H,3-8,14H2,1-2H3. The second kappa shape index (κ2) is 5.18. The Morgan fingerprint density at radius 3 is 2.78 bits per heavy atom. The van der Waals surface area contributed by atoms with Crippen LogP contribution in [0.1, 0.15) is 45.4 Å². The van der Waals surface area contributed by atoms with Gasteiger partial charge in [-0.3, -0.25) is 4.79 Å². The first-order valence-electron chi connectivity index (χ1n) is 6.70. The predicted octanol–water partition coefficient (Wildman–Crippen LogP) is 1.32. The molecule has 1 heterocycles. The summed E-state index contributed by atoms with van der Waals surface area (Å²) in [5, 5.41) is 4.17. The van der Waals surface area contributed by atoms with Gasteiger partial charge in [-0.15, -0.1) is 0 Å². The van der Waals surface area contributed by atoms with E-state index in [-0.39, 0.29) is 5.78 Å². The summed E-state index contributed by atoms with van der Waals surface area (Å²) in [4.78, 5) is 16.5. The average Bonchev–Trinajstić information content (AvgIpc) is 2.89. The number of nitrogens with zero attached hydrogens (tertiary/aromatic N) is 3. The highest BCUT2D eigenvalue weighted by atomic mass is 16.1. The SMILES string of the molecule is CC(C)Cn1ncnc1CC(=O)C1(N)CCCC1. The second-order valence-corrected chi connectivity index (χ2v) is 5.72. The fourth-order valence-electron chi connectivity index (χ4n) is 2.53. The molecule has 1 fully saturated rings. The molecule has 0 unspecified atom stereocenters. The number of hydrogen-bond donors (Lipinski definition) is 1. The van der Waals surface area contributed by atoms with Gasteiger partial charge in [0.15, 0.2) is 5.78 Å². The Balaban J connectivity index is 2.05. The molecule has 2 rings (SSSR count). The summed E-state index contributed by atoms with van der Waals surface area (Å²) >= 11 is 0. The van der Waals surface area contributed by atoms with Gasteiger partial charge in [-0.25, -0.2) is 9.67 Å². The van der Waals surface area contributed by atoms with Gasteiger partial charge in [0.2, 0.25) is 0 Å². The zero-order chi connectivity index (χ0) is 13.2. The summed E-state index contributed by atoms with van der Waals surface area (Å²) in [5.41, 5.74) is 5.55. The zero-order valence-electron chi connectivity index (χ0n) is 11.2. The van der Waals surface area contributed by atoms with Gasteiger partial charge in [-0.2, -0.15) is 5.10 Å². The third-order valence-corrected chi connectivity index (χ3v) is 3.60. The summed E-state index contributed by atoms with van der Waals surface area (Å²) in [7, 11) is 0. The molecule has 1 aliphatic rings. The van der Waals surface area contributed by atoms with Gasteiger partial charge in [0.1, 0.15) is 12.2 Å². The van der Waals surface area contributed by atoms with E-state index in [1.54, 1.807) is 0 Å². The molecule has 1 aromatic heterocycles. The molecule has 1 aliphatic carbocycles. The van der Waals surface area contributed by atoms with Crippen LogP contribution in [0.2, 0.25) is 0 Å². The summed E-state index contributed by atoms with van der Waals surface area (Å²) in [6, 6.07) is 0. The van der Waals surface area contributed by atoms with E-state index in [1.807, 2.05) is 4.68 Å². The van der Waals surface area contributed by atoms with E-state index in [0.29, 0.717) is 12.3 Å². The Hall–Kier alpha value is -1.23. The normalized spacial score (nSPS) is 18.4. The molecule has 5 heteroatoms. The van der Waals surface area contributed by atoms with Gasteiger partial charge in [-0.1, -0.05) is 26.7 Å². The number of carbonyl (C=O) groups is 1. The van der Waals surface area contributed by atoms with Crippen LogP contribution in [0.4, 0.5) is 0 Å². The van der Waals surface area contributed by atoms with Crippen LogP contribution in [0.3, 0.4) is 0 Å². The predicted molar refractivity (Wildman–Crippen MR) is 69.0 cm³/mol. The molecular formula is C13H22N4O. The molecule has 1 saturated carbocycles. The second-order valence-electron chi connectivity index (χ2n) is 5.72. The molecule has 0 aromatic carbocycles. The summed E-state index contributed by atoms with van der Waals surface area (Å²) < 4.78 is 1.82. The molecule has 0 radical (unpaired) electrons. The van der Waals surface area contributed by atoms with E-state index in [2.05, 4.69) is 23.9 Å². The summed E-state index contributed by atoms with van der Waals surface area (Å²) in [6.45, 7) is 5.03. The van der Waals surface area contributed by atoms with E-state index in [4.69, 9.17) is 5.73 Å². The van der Waals surface area contributed by atoms with Crippen LogP contribution in [0.5, 0.6) is 0 Å². The van der Waals surface area contributed by atoms with Gasteiger partial charge >= 0.3 is 0 Å². The Kier molecular flexibility index (Phi) is 3.80. The largest absolute Gasteiger partial charge is 0.319 e. The molecule has 0 saturated heterocycles. The molecule has 0 bridgehead atoms. The molecule has 0 amide bonds. The first-order chi connectivity index (χ1) is 8.51. The van der Waals surface area contributed by atoms with E-state index < -0.39 is 5.54 Å². The lowest BCUT2D eigenvalue weighted by atomic mass is 9.91. The number of rotatable bonds is 5. The lowest BCUT2D eigenvalue weighted by Gasteiger charge is -2.21. The highest BCUT2D eigenvalue weighted by Crippen LogP contribution is 2.28. The number of hydrogen-bond acceptors (Lipinski definition) is 4. The average molecular weight is 250 g/mol. The minimum absolute atomic E-state index is 0.109. The van der Waals surface area contributed by atoms with Crippen LogP contribution in [-0.4, -0.2) is 26.1 Å². The van der Waals surface area contributed by atoms with Gasteiger partial charge in [-0.05, 0) is 18.8 Å². The first kappa shape index (κ1) is 13.2. The van der Waals surface area contributed by atoms with E-state index in [1.165, 1.54) is 6.33 Å². The Morgan fingerprint density at radius 2 is 2.17 bits per heavy atom. The van der Waals surface area contributed by atoms with Crippen molar-refractivity contribution in [2.75, 3.05) is 0 Å². The fraction of sp³-hybridized carbons (Fsp3) is 0.769. The van der Waals surface area contributed by atoms with Gasteiger partial charge < -0.3 is 5.73 Å². The highest BCUT2D eigenvalue weighted by molar-refractivity contribution is 5.89. The van der Waals surface area contributed by atoms with Crippen LogP contribution >= 0.6 is 0 Å². The number of nitrogens with two attached hydrogens (primary N) is 1. The van der Waals surface area contributed by atoms with Gasteiger partial charge in [0, 0.05) is 6.54 Å².